The van der Waals surface area contributed by atoms with Crippen molar-refractivity contribution < 1.29 is 23.1 Å². The fourth-order valence-electron chi connectivity index (χ4n) is 8.59. The summed E-state index contributed by atoms with van der Waals surface area (Å²) in [6.07, 6.45) is 4.55. The zero-order chi connectivity index (χ0) is 24.8. The number of amides is 2. The van der Waals surface area contributed by atoms with Crippen molar-refractivity contribution >= 4 is 21.8 Å². The molecule has 2 saturated heterocycles. The number of piperidine rings is 1. The maximum Gasteiger partial charge on any atom is 0.258 e. The minimum atomic E-state index is -3.59. The number of hydrogen-bond acceptors (Lipinski definition) is 5. The van der Waals surface area contributed by atoms with E-state index in [4.69, 9.17) is 0 Å². The zero-order valence-corrected chi connectivity index (χ0v) is 21.5. The lowest BCUT2D eigenvalue weighted by atomic mass is 9.68. The first-order valence-corrected chi connectivity index (χ1v) is 14.7. The minimum absolute atomic E-state index is 0.0368. The Hall–Kier alpha value is -1.77. The fraction of sp³-hybridized carbons (Fsp3) is 0.704. The molecule has 1 unspecified atom stereocenters. The van der Waals surface area contributed by atoms with Crippen molar-refractivity contribution in [3.8, 4) is 0 Å². The standard InChI is InChI=1S/C27H36N2O5S/c1-25(2)19-8-10-27(25,22(15-19)29-23(31)16-21(30)24(29)32)17-35(33,34)28-13-11-26(12-14-28)9-7-18-5-3-4-6-20(18)26/h3-6,19,21-22,30H,7-17H2,1-2H3/t19?,21-,22+,27-/m1/s1. The normalized spacial score (nSPS) is 35.9. The third kappa shape index (κ3) is 3.18. The van der Waals surface area contributed by atoms with E-state index in [0.717, 1.165) is 32.1 Å². The van der Waals surface area contributed by atoms with E-state index >= 15 is 0 Å². The number of aryl methyl sites for hydroxylation is 1. The summed E-state index contributed by atoms with van der Waals surface area (Å²) in [5.74, 6) is -0.696. The maximum atomic E-state index is 13.9. The summed E-state index contributed by atoms with van der Waals surface area (Å²) in [5, 5.41) is 10.1. The highest BCUT2D eigenvalue weighted by Crippen LogP contribution is 2.67. The van der Waals surface area contributed by atoms with Crippen molar-refractivity contribution in [2.24, 2.45) is 16.7 Å². The van der Waals surface area contributed by atoms with Gasteiger partial charge in [0.1, 0.15) is 6.10 Å². The van der Waals surface area contributed by atoms with Crippen molar-refractivity contribution in [2.45, 2.75) is 82.8 Å². The number of carbonyl (C=O) groups is 2. The molecule has 35 heavy (non-hydrogen) atoms. The summed E-state index contributed by atoms with van der Waals surface area (Å²) >= 11 is 0. The van der Waals surface area contributed by atoms with Crippen molar-refractivity contribution in [1.29, 1.82) is 0 Å². The number of nitrogens with zero attached hydrogens (tertiary/aromatic N) is 2. The highest BCUT2D eigenvalue weighted by atomic mass is 32.2. The van der Waals surface area contributed by atoms with E-state index in [1.807, 2.05) is 0 Å². The first-order valence-electron chi connectivity index (χ1n) is 13.1. The summed E-state index contributed by atoms with van der Waals surface area (Å²) in [5.41, 5.74) is 1.90. The van der Waals surface area contributed by atoms with Crippen LogP contribution in [-0.4, -0.2) is 65.5 Å². The number of imide groups is 1. The Balaban J connectivity index is 1.26. The van der Waals surface area contributed by atoms with Gasteiger partial charge in [0.05, 0.1) is 12.2 Å². The third-order valence-electron chi connectivity index (χ3n) is 10.8. The van der Waals surface area contributed by atoms with Crippen LogP contribution in [0.3, 0.4) is 0 Å². The largest absolute Gasteiger partial charge is 0.383 e. The highest BCUT2D eigenvalue weighted by Gasteiger charge is 2.68. The van der Waals surface area contributed by atoms with Crippen LogP contribution in [0.1, 0.15) is 69.9 Å². The van der Waals surface area contributed by atoms with Crippen LogP contribution in [0.5, 0.6) is 0 Å². The molecule has 5 aliphatic rings. The Bertz CT molecular complexity index is 1190. The quantitative estimate of drug-likeness (QED) is 0.642. The van der Waals surface area contributed by atoms with E-state index < -0.39 is 33.5 Å². The fourth-order valence-corrected chi connectivity index (χ4v) is 10.9. The lowest BCUT2D eigenvalue weighted by Gasteiger charge is -2.46. The van der Waals surface area contributed by atoms with Gasteiger partial charge in [-0.1, -0.05) is 38.1 Å². The molecule has 1 spiro atoms. The van der Waals surface area contributed by atoms with Crippen LogP contribution in [-0.2, 0) is 31.4 Å². The summed E-state index contributed by atoms with van der Waals surface area (Å²) in [4.78, 5) is 26.7. The molecular formula is C27H36N2O5S. The second kappa shape index (κ2) is 7.62. The van der Waals surface area contributed by atoms with Gasteiger partial charge >= 0.3 is 0 Å². The molecule has 3 aliphatic carbocycles. The van der Waals surface area contributed by atoms with Gasteiger partial charge < -0.3 is 5.11 Å². The average molecular weight is 501 g/mol. The molecule has 1 N–H and O–H groups in total. The zero-order valence-electron chi connectivity index (χ0n) is 20.7. The van der Waals surface area contributed by atoms with Crippen LogP contribution in [0.2, 0.25) is 0 Å². The van der Waals surface area contributed by atoms with Crippen LogP contribution >= 0.6 is 0 Å². The van der Waals surface area contributed by atoms with Crippen LogP contribution in [0.15, 0.2) is 24.3 Å². The molecule has 1 aromatic carbocycles. The third-order valence-corrected chi connectivity index (χ3v) is 12.9. The predicted octanol–water partition coefficient (Wildman–Crippen LogP) is 2.61. The van der Waals surface area contributed by atoms with Crippen molar-refractivity contribution in [2.75, 3.05) is 18.8 Å². The van der Waals surface area contributed by atoms with Crippen molar-refractivity contribution in [3.05, 3.63) is 35.4 Å². The number of hydrogen-bond donors (Lipinski definition) is 1. The van der Waals surface area contributed by atoms with Gasteiger partial charge in [-0.25, -0.2) is 12.7 Å². The molecule has 190 valence electrons. The van der Waals surface area contributed by atoms with Gasteiger partial charge in [-0.15, -0.1) is 0 Å². The lowest BCUT2D eigenvalue weighted by Crippen LogP contribution is -2.56. The average Bonchev–Trinajstić information content (AvgIpc) is 3.44. The smallest absolute Gasteiger partial charge is 0.258 e. The van der Waals surface area contributed by atoms with Crippen LogP contribution in [0, 0.1) is 16.7 Å². The van der Waals surface area contributed by atoms with Gasteiger partial charge in [0.15, 0.2) is 0 Å². The minimum Gasteiger partial charge on any atom is -0.383 e. The van der Waals surface area contributed by atoms with Gasteiger partial charge in [-0.05, 0) is 72.8 Å². The molecule has 2 amide bonds. The maximum absolute atomic E-state index is 13.9. The van der Waals surface area contributed by atoms with Gasteiger partial charge in [-0.2, -0.15) is 0 Å². The van der Waals surface area contributed by atoms with Crippen molar-refractivity contribution in [3.63, 3.8) is 0 Å². The molecule has 2 bridgehead atoms. The Morgan fingerprint density at radius 1 is 1.06 bits per heavy atom. The number of likely N-dealkylation sites (tertiary alicyclic amines) is 1. The molecule has 2 saturated carbocycles. The highest BCUT2D eigenvalue weighted by molar-refractivity contribution is 7.89. The molecule has 1 aromatic rings. The topological polar surface area (TPSA) is 95.0 Å². The van der Waals surface area contributed by atoms with E-state index in [1.54, 1.807) is 4.31 Å². The Morgan fingerprint density at radius 3 is 2.43 bits per heavy atom. The number of benzene rings is 1. The Labute approximate surface area is 207 Å². The molecule has 2 aliphatic heterocycles. The van der Waals surface area contributed by atoms with Crippen molar-refractivity contribution in [1.82, 2.24) is 9.21 Å². The predicted molar refractivity (Wildman–Crippen MR) is 131 cm³/mol. The lowest BCUT2D eigenvalue weighted by molar-refractivity contribution is -0.147. The number of sulfonamides is 1. The number of fused-ring (bicyclic) bond motifs is 4. The monoisotopic (exact) mass is 500 g/mol. The first kappa shape index (κ1) is 23.6. The van der Waals surface area contributed by atoms with Crippen LogP contribution in [0.4, 0.5) is 0 Å². The molecule has 7 nitrogen and oxygen atoms in total. The van der Waals surface area contributed by atoms with Crippen LogP contribution < -0.4 is 0 Å². The van der Waals surface area contributed by atoms with Crippen LogP contribution in [0.25, 0.3) is 0 Å². The molecule has 0 radical (unpaired) electrons. The van der Waals surface area contributed by atoms with E-state index in [-0.39, 0.29) is 34.8 Å². The van der Waals surface area contributed by atoms with Gasteiger partial charge in [0.25, 0.3) is 5.91 Å². The summed E-state index contributed by atoms with van der Waals surface area (Å²) in [6.45, 7) is 5.26. The van der Waals surface area contributed by atoms with Gasteiger partial charge in [-0.3, -0.25) is 14.5 Å². The van der Waals surface area contributed by atoms with Gasteiger partial charge in [0.2, 0.25) is 15.9 Å². The SMILES string of the molecule is CC1(C)C2CC[C@@]1(CS(=O)(=O)N1CCC3(CCc4ccccc43)CC1)[C@@H](N1C(=O)C[C@@H](O)C1=O)C2. The first-order chi connectivity index (χ1) is 16.5. The number of carbonyl (C=O) groups excluding carboxylic acids is 2. The molecule has 8 heteroatoms. The number of rotatable bonds is 4. The molecule has 2 heterocycles. The summed E-state index contributed by atoms with van der Waals surface area (Å²) in [6, 6.07) is 8.13. The van der Waals surface area contributed by atoms with E-state index in [0.29, 0.717) is 25.9 Å². The summed E-state index contributed by atoms with van der Waals surface area (Å²) < 4.78 is 29.5. The molecule has 0 aromatic heterocycles. The van der Waals surface area contributed by atoms with E-state index in [2.05, 4.69) is 38.1 Å². The van der Waals surface area contributed by atoms with Gasteiger partial charge in [0, 0.05) is 24.5 Å². The molecular weight excluding hydrogens is 464 g/mol. The molecule has 4 atom stereocenters. The Morgan fingerprint density at radius 2 is 1.77 bits per heavy atom. The second-order valence-corrected chi connectivity index (χ2v) is 14.2. The number of aliphatic hydroxyl groups excluding tert-OH is 1. The number of aliphatic hydroxyl groups is 1. The molecule has 4 fully saturated rings. The van der Waals surface area contributed by atoms with E-state index in [9.17, 15) is 23.1 Å². The Kier molecular flexibility index (Phi) is 5.14. The second-order valence-electron chi connectivity index (χ2n) is 12.3. The summed E-state index contributed by atoms with van der Waals surface area (Å²) in [7, 11) is -3.59. The van der Waals surface area contributed by atoms with E-state index in [1.165, 1.54) is 16.0 Å². The molecule has 6 rings (SSSR count).